The SMILES string of the molecule is CC1(C)CCC(CN2CCN(c3ccc(C(=O)CS(=O)(=O)c4ccc(NCCCC[Si](C)(C)O)c([N+](=O)[O-])c4)c(Oc4cnc5[nH]ccc5c4)c3)CC2)=C(c2ccc(Cl)cc2)C1. The maximum Gasteiger partial charge on any atom is 0.293 e. The van der Waals surface area contributed by atoms with Crippen LogP contribution >= 0.6 is 11.6 Å². The molecule has 3 heterocycles. The van der Waals surface area contributed by atoms with Gasteiger partial charge in [-0.15, -0.1) is 0 Å². The lowest BCUT2D eigenvalue weighted by atomic mass is 9.72. The van der Waals surface area contributed by atoms with E-state index in [1.807, 2.05) is 37.4 Å². The van der Waals surface area contributed by atoms with Crippen LogP contribution in [0.5, 0.6) is 11.5 Å². The number of ether oxygens (including phenoxy) is 1. The van der Waals surface area contributed by atoms with Crippen molar-refractivity contribution in [1.82, 2.24) is 14.9 Å². The van der Waals surface area contributed by atoms with Crippen LogP contribution in [0.2, 0.25) is 24.2 Å². The van der Waals surface area contributed by atoms with Crippen molar-refractivity contribution in [1.29, 1.82) is 0 Å². The summed E-state index contributed by atoms with van der Waals surface area (Å²) in [5.41, 5.74) is 5.68. The zero-order valence-corrected chi connectivity index (χ0v) is 38.3. The highest BCUT2D eigenvalue weighted by Crippen LogP contribution is 2.43. The molecule has 16 heteroatoms. The summed E-state index contributed by atoms with van der Waals surface area (Å²) in [6.07, 6.45) is 7.95. The molecule has 1 fully saturated rings. The number of halogens is 1. The molecule has 3 aromatic carbocycles. The fraction of sp³-hybridized carbons (Fsp3) is 0.391. The molecule has 62 heavy (non-hydrogen) atoms. The van der Waals surface area contributed by atoms with E-state index in [2.05, 4.69) is 51.1 Å². The summed E-state index contributed by atoms with van der Waals surface area (Å²) in [5.74, 6) is -1.08. The van der Waals surface area contributed by atoms with Crippen molar-refractivity contribution in [3.05, 3.63) is 117 Å². The summed E-state index contributed by atoms with van der Waals surface area (Å²) in [6.45, 7) is 12.8. The number of rotatable bonds is 17. The van der Waals surface area contributed by atoms with Gasteiger partial charge < -0.3 is 24.7 Å². The second kappa shape index (κ2) is 18.7. The molecule has 0 amide bonds. The van der Waals surface area contributed by atoms with Crippen LogP contribution in [-0.4, -0.2) is 92.1 Å². The summed E-state index contributed by atoms with van der Waals surface area (Å²) in [4.78, 5) is 47.4. The summed E-state index contributed by atoms with van der Waals surface area (Å²) in [7, 11) is -6.52. The van der Waals surface area contributed by atoms with Gasteiger partial charge >= 0.3 is 0 Å². The molecule has 7 rings (SSSR count). The Morgan fingerprint density at radius 3 is 2.52 bits per heavy atom. The molecular weight excluding hydrogens is 844 g/mol. The molecule has 13 nitrogen and oxygen atoms in total. The fourth-order valence-electron chi connectivity index (χ4n) is 8.27. The number of allylic oxidation sites excluding steroid dienone is 1. The van der Waals surface area contributed by atoms with E-state index < -0.39 is 40.3 Å². The summed E-state index contributed by atoms with van der Waals surface area (Å²) < 4.78 is 33.9. The summed E-state index contributed by atoms with van der Waals surface area (Å²) >= 11 is 6.24. The van der Waals surface area contributed by atoms with E-state index in [4.69, 9.17) is 16.3 Å². The second-order valence-electron chi connectivity index (χ2n) is 17.9. The first kappa shape index (κ1) is 45.0. The van der Waals surface area contributed by atoms with Gasteiger partial charge in [-0.05, 0) is 110 Å². The summed E-state index contributed by atoms with van der Waals surface area (Å²) in [5, 5.41) is 16.6. The normalized spacial score (nSPS) is 16.1. The van der Waals surface area contributed by atoms with Crippen LogP contribution in [0.4, 0.5) is 17.1 Å². The first-order valence-electron chi connectivity index (χ1n) is 21.1. The number of unbranched alkanes of at least 4 members (excludes halogenated alkanes) is 1. The van der Waals surface area contributed by atoms with E-state index in [0.717, 1.165) is 80.6 Å². The van der Waals surface area contributed by atoms with Crippen LogP contribution in [0.15, 0.2) is 95.7 Å². The number of piperazine rings is 1. The van der Waals surface area contributed by atoms with Crippen molar-refractivity contribution in [3.8, 4) is 11.5 Å². The third-order valence-corrected chi connectivity index (χ3v) is 15.2. The zero-order chi connectivity index (χ0) is 44.2. The molecule has 5 aromatic rings. The van der Waals surface area contributed by atoms with Crippen LogP contribution in [0.1, 0.15) is 61.9 Å². The van der Waals surface area contributed by atoms with Gasteiger partial charge in [0.2, 0.25) is 0 Å². The number of aromatic amines is 1. The number of aromatic nitrogens is 2. The Hall–Kier alpha value is -5.06. The number of H-pyrrole nitrogens is 1. The molecule has 2 aromatic heterocycles. The lowest BCUT2D eigenvalue weighted by Gasteiger charge is -2.39. The molecule has 0 atom stereocenters. The monoisotopic (exact) mass is 898 g/mol. The average Bonchev–Trinajstić information content (AvgIpc) is 3.69. The number of fused-ring (bicyclic) bond motifs is 1. The van der Waals surface area contributed by atoms with Crippen LogP contribution in [0, 0.1) is 15.5 Å². The molecule has 2 aliphatic rings. The standard InChI is InChI=1S/C46H55ClN6O7SSi/c1-46(2)17-15-34(40(28-46)32-7-9-35(47)10-8-32)30-51-20-22-52(23-21-51)36-11-13-39(44(26-36)60-37-25-33-16-19-49-45(33)50-29-37)43(54)31-61(57,58)38-12-14-41(42(27-38)53(55)56)48-18-5-6-24-62(3,4)59/h7-14,16,19,25-27,29,48,59H,5-6,15,17-18,20-24,28,30-31H2,1-4H3,(H,49,50). The largest absolute Gasteiger partial charge is 0.455 e. The number of carbonyl (C=O) groups excluding carboxylic acids is 1. The maximum atomic E-state index is 14.0. The molecule has 0 bridgehead atoms. The van der Waals surface area contributed by atoms with Crippen molar-refractivity contribution in [2.75, 3.05) is 55.2 Å². The molecule has 0 radical (unpaired) electrons. The van der Waals surface area contributed by atoms with Crippen LogP contribution in [0.25, 0.3) is 16.6 Å². The molecule has 3 N–H and O–H groups in total. The number of hydrogen-bond donors (Lipinski definition) is 3. The van der Waals surface area contributed by atoms with Crippen LogP contribution in [-0.2, 0) is 9.84 Å². The number of carbonyl (C=O) groups is 1. The first-order valence-corrected chi connectivity index (χ1v) is 26.3. The molecule has 0 unspecified atom stereocenters. The molecule has 1 saturated heterocycles. The van der Waals surface area contributed by atoms with E-state index in [0.29, 0.717) is 30.4 Å². The summed E-state index contributed by atoms with van der Waals surface area (Å²) in [6, 6.07) is 21.3. The van der Waals surface area contributed by atoms with Crippen molar-refractivity contribution in [2.45, 2.75) is 70.0 Å². The van der Waals surface area contributed by atoms with Crippen molar-refractivity contribution in [2.24, 2.45) is 5.41 Å². The number of nitrogens with one attached hydrogen (secondary N) is 2. The number of nitro groups is 1. The van der Waals surface area contributed by atoms with E-state index in [1.54, 1.807) is 30.6 Å². The zero-order valence-electron chi connectivity index (χ0n) is 35.7. The predicted molar refractivity (Wildman–Crippen MR) is 249 cm³/mol. The molecule has 0 saturated carbocycles. The van der Waals surface area contributed by atoms with Gasteiger partial charge in [0.1, 0.15) is 28.6 Å². The Balaban J connectivity index is 1.08. The Morgan fingerprint density at radius 2 is 1.79 bits per heavy atom. The quantitative estimate of drug-likeness (QED) is 0.0267. The van der Waals surface area contributed by atoms with Crippen LogP contribution < -0.4 is 15.0 Å². The van der Waals surface area contributed by atoms with Crippen molar-refractivity contribution < 1.29 is 27.7 Å². The number of benzene rings is 3. The number of hydrogen-bond acceptors (Lipinski definition) is 11. The molecule has 1 aliphatic carbocycles. The fourth-order valence-corrected chi connectivity index (χ4v) is 10.7. The highest BCUT2D eigenvalue weighted by molar-refractivity contribution is 7.92. The van der Waals surface area contributed by atoms with Gasteiger partial charge in [0.05, 0.1) is 21.6 Å². The Morgan fingerprint density at radius 1 is 1.03 bits per heavy atom. The second-order valence-corrected chi connectivity index (χ2v) is 24.4. The number of pyridine rings is 1. The van der Waals surface area contributed by atoms with Gasteiger partial charge in [-0.3, -0.25) is 19.8 Å². The number of ketones is 1. The average molecular weight is 900 g/mol. The van der Waals surface area contributed by atoms with Crippen molar-refractivity contribution in [3.63, 3.8) is 0 Å². The molecule has 0 spiro atoms. The van der Waals surface area contributed by atoms with E-state index in [1.165, 1.54) is 28.8 Å². The topological polar surface area (TPSA) is 171 Å². The number of anilines is 2. The third kappa shape index (κ3) is 11.3. The van der Waals surface area contributed by atoms with Gasteiger partial charge in [0.15, 0.2) is 23.9 Å². The van der Waals surface area contributed by atoms with Gasteiger partial charge in [-0.2, -0.15) is 0 Å². The van der Waals surface area contributed by atoms with E-state index >= 15 is 0 Å². The lowest BCUT2D eigenvalue weighted by Crippen LogP contribution is -2.47. The lowest BCUT2D eigenvalue weighted by molar-refractivity contribution is -0.384. The van der Waals surface area contributed by atoms with Crippen LogP contribution in [0.3, 0.4) is 0 Å². The van der Waals surface area contributed by atoms with E-state index in [9.17, 15) is 28.1 Å². The van der Waals surface area contributed by atoms with Gasteiger partial charge in [0, 0.05) is 73.7 Å². The van der Waals surface area contributed by atoms with Crippen molar-refractivity contribution >= 4 is 69.2 Å². The highest BCUT2D eigenvalue weighted by atomic mass is 35.5. The van der Waals surface area contributed by atoms with Gasteiger partial charge in [-0.25, -0.2) is 13.4 Å². The third-order valence-electron chi connectivity index (χ3n) is 11.8. The molecular formula is C46H55ClN6O7SSi. The van der Waals surface area contributed by atoms with E-state index in [-0.39, 0.29) is 27.3 Å². The minimum absolute atomic E-state index is 0.0638. The maximum absolute atomic E-state index is 14.0. The number of sulfone groups is 1. The molecule has 328 valence electrons. The Bertz CT molecular complexity index is 2580. The predicted octanol–water partition coefficient (Wildman–Crippen LogP) is 9.75. The van der Waals surface area contributed by atoms with Gasteiger partial charge in [-0.1, -0.05) is 49.6 Å². The number of nitrogens with zero attached hydrogens (tertiary/aromatic N) is 4. The number of Topliss-reactive ketones (excluding diaryl/α,β-unsaturated/α-hetero) is 1. The first-order chi connectivity index (χ1) is 29.4. The Labute approximate surface area is 369 Å². The number of nitro benzene ring substituents is 1. The minimum Gasteiger partial charge on any atom is -0.455 e. The van der Waals surface area contributed by atoms with Gasteiger partial charge in [0.25, 0.3) is 5.69 Å². The highest BCUT2D eigenvalue weighted by Gasteiger charge is 2.31. The smallest absolute Gasteiger partial charge is 0.293 e. The minimum atomic E-state index is -4.32. The Kier molecular flexibility index (Phi) is 13.6. The molecule has 1 aliphatic heterocycles.